The second-order valence-electron chi connectivity index (χ2n) is 2.79. The van der Waals surface area contributed by atoms with Crippen molar-refractivity contribution in [2.24, 2.45) is 0 Å². The number of H-pyrrole nitrogens is 2. The number of aryl methyl sites for hydroxylation is 2. The minimum atomic E-state index is -0.514. The van der Waals surface area contributed by atoms with Crippen LogP contribution in [0.25, 0.3) is 0 Å². The number of imidazole rings is 2. The average Bonchev–Trinajstić information content (AvgIpc) is 2.77. The maximum absolute atomic E-state index is 9.95. The lowest BCUT2D eigenvalue weighted by atomic mass is 10.7. The molecule has 0 atom stereocenters. The summed E-state index contributed by atoms with van der Waals surface area (Å²) in [6.07, 6.45) is 4.72. The number of hydrogen-bond acceptors (Lipinski definition) is 4. The van der Waals surface area contributed by atoms with E-state index in [1.54, 1.807) is 19.3 Å². The maximum Gasteiger partial charge on any atom is 0.340 e. The van der Waals surface area contributed by atoms with Gasteiger partial charge in [0.05, 0.1) is 0 Å². The van der Waals surface area contributed by atoms with Gasteiger partial charge in [-0.05, 0) is 11.8 Å². The van der Waals surface area contributed by atoms with Crippen LogP contribution in [0.4, 0.5) is 5.82 Å². The molecule has 0 saturated carbocycles. The van der Waals surface area contributed by atoms with E-state index in [0.717, 1.165) is 5.82 Å². The highest BCUT2D eigenvalue weighted by molar-refractivity contribution is 5.13. The molecule has 0 unspecified atom stereocenters. The molecule has 0 radical (unpaired) electrons. The smallest absolute Gasteiger partial charge is 0.340 e. The summed E-state index contributed by atoms with van der Waals surface area (Å²) in [5.74, 6) is 1.46. The Morgan fingerprint density at radius 2 is 2.07 bits per heavy atom. The molecule has 0 aliphatic heterocycles. The van der Waals surface area contributed by atoms with Gasteiger partial charge in [-0.15, -0.1) is 0 Å². The van der Waals surface area contributed by atoms with Crippen LogP contribution < -0.4 is 0 Å². The normalized spacial score (nSPS) is 9.20. The lowest BCUT2D eigenvalue weighted by Crippen LogP contribution is -1.86. The molecular formula is C8H11N5O2. The molecule has 0 fully saturated rings. The second kappa shape index (κ2) is 4.89. The van der Waals surface area contributed by atoms with Gasteiger partial charge < -0.3 is 15.1 Å². The first-order valence-corrected chi connectivity index (χ1v) is 4.21. The maximum atomic E-state index is 9.95. The first-order chi connectivity index (χ1) is 7.09. The third-order valence-electron chi connectivity index (χ3n) is 1.52. The monoisotopic (exact) mass is 209 g/mol. The Kier molecular flexibility index (Phi) is 3.55. The summed E-state index contributed by atoms with van der Waals surface area (Å²) in [6.45, 7) is 3.58. The highest BCUT2D eigenvalue weighted by Crippen LogP contribution is 2.03. The second-order valence-corrected chi connectivity index (χ2v) is 2.79. The van der Waals surface area contributed by atoms with Crippen LogP contribution in [-0.4, -0.2) is 24.9 Å². The van der Waals surface area contributed by atoms with E-state index in [1.165, 1.54) is 6.20 Å². The Balaban J connectivity index is 0.000000162. The molecule has 0 saturated heterocycles. The van der Waals surface area contributed by atoms with Crippen molar-refractivity contribution in [1.29, 1.82) is 0 Å². The Hall–Kier alpha value is -2.18. The van der Waals surface area contributed by atoms with Crippen LogP contribution in [0.2, 0.25) is 0 Å². The molecule has 0 aromatic carbocycles. The molecule has 7 nitrogen and oxygen atoms in total. The van der Waals surface area contributed by atoms with E-state index in [2.05, 4.69) is 19.9 Å². The highest BCUT2D eigenvalue weighted by Gasteiger charge is 2.04. The van der Waals surface area contributed by atoms with Crippen molar-refractivity contribution in [3.8, 4) is 0 Å². The van der Waals surface area contributed by atoms with E-state index in [1.807, 2.05) is 6.92 Å². The number of nitrogens with one attached hydrogen (secondary N) is 2. The van der Waals surface area contributed by atoms with Crippen LogP contribution in [0.5, 0.6) is 0 Å². The van der Waals surface area contributed by atoms with Gasteiger partial charge in [0.15, 0.2) is 5.82 Å². The van der Waals surface area contributed by atoms with Crippen LogP contribution >= 0.6 is 0 Å². The number of rotatable bonds is 1. The van der Waals surface area contributed by atoms with E-state index in [0.29, 0.717) is 5.82 Å². The summed E-state index contributed by atoms with van der Waals surface area (Å²) in [6, 6.07) is 0. The van der Waals surface area contributed by atoms with Crippen LogP contribution in [0.1, 0.15) is 11.6 Å². The van der Waals surface area contributed by atoms with Gasteiger partial charge in [0, 0.05) is 19.3 Å². The summed E-state index contributed by atoms with van der Waals surface area (Å²) in [7, 11) is 0. The molecule has 2 rings (SSSR count). The van der Waals surface area contributed by atoms with E-state index in [-0.39, 0.29) is 5.82 Å². The minimum absolute atomic E-state index is 0.0625. The summed E-state index contributed by atoms with van der Waals surface area (Å²) >= 11 is 0. The zero-order chi connectivity index (χ0) is 11.3. The first kappa shape index (κ1) is 10.9. The molecule has 2 aromatic heterocycles. The predicted molar refractivity (Wildman–Crippen MR) is 53.3 cm³/mol. The Labute approximate surface area is 85.7 Å². The summed E-state index contributed by atoms with van der Waals surface area (Å²) in [5.41, 5.74) is 0. The third kappa shape index (κ3) is 3.59. The van der Waals surface area contributed by atoms with Crippen LogP contribution in [0.15, 0.2) is 18.6 Å². The Morgan fingerprint density at radius 3 is 2.27 bits per heavy atom. The molecule has 0 aliphatic rings. The molecule has 80 valence electrons. The number of hydrogen-bond donors (Lipinski definition) is 2. The number of nitro groups is 1. The molecule has 0 amide bonds. The zero-order valence-electron chi connectivity index (χ0n) is 8.39. The van der Waals surface area contributed by atoms with Gasteiger partial charge in [-0.2, -0.15) is 0 Å². The number of aromatic nitrogens is 4. The van der Waals surface area contributed by atoms with Gasteiger partial charge in [0.1, 0.15) is 12.0 Å². The Bertz CT molecular complexity index is 420. The van der Waals surface area contributed by atoms with Gasteiger partial charge >= 0.3 is 5.82 Å². The van der Waals surface area contributed by atoms with Gasteiger partial charge in [0.2, 0.25) is 0 Å². The zero-order valence-corrected chi connectivity index (χ0v) is 8.39. The third-order valence-corrected chi connectivity index (χ3v) is 1.52. The fourth-order valence-corrected chi connectivity index (χ4v) is 0.845. The summed E-state index contributed by atoms with van der Waals surface area (Å²) in [5, 5.41) is 9.95. The van der Waals surface area contributed by atoms with Crippen LogP contribution in [0.3, 0.4) is 0 Å². The standard InChI is InChI=1S/C4H5N3O2.C4H6N2/c1-3-5-2-4(6-3)7(8)9;1-4-5-2-3-6-4/h2H,1H3,(H,5,6);2-3H,1H3,(H,5,6). The lowest BCUT2D eigenvalue weighted by Gasteiger charge is -1.83. The topological polar surface area (TPSA) is 100 Å². The first-order valence-electron chi connectivity index (χ1n) is 4.21. The van der Waals surface area contributed by atoms with Crippen LogP contribution in [-0.2, 0) is 0 Å². The van der Waals surface area contributed by atoms with Crippen molar-refractivity contribution < 1.29 is 4.92 Å². The summed E-state index contributed by atoms with van der Waals surface area (Å²) < 4.78 is 0. The average molecular weight is 209 g/mol. The summed E-state index contributed by atoms with van der Waals surface area (Å²) in [4.78, 5) is 22.3. The van der Waals surface area contributed by atoms with Crippen molar-refractivity contribution in [2.75, 3.05) is 0 Å². The van der Waals surface area contributed by atoms with Crippen molar-refractivity contribution in [2.45, 2.75) is 13.8 Å². The largest absolute Gasteiger partial charge is 0.358 e. The molecule has 15 heavy (non-hydrogen) atoms. The van der Waals surface area contributed by atoms with Gasteiger partial charge in [-0.3, -0.25) is 0 Å². The molecule has 0 bridgehead atoms. The Morgan fingerprint density at radius 1 is 1.33 bits per heavy atom. The quantitative estimate of drug-likeness (QED) is 0.546. The van der Waals surface area contributed by atoms with E-state index in [9.17, 15) is 10.1 Å². The van der Waals surface area contributed by atoms with Gasteiger partial charge in [-0.25, -0.2) is 15.0 Å². The van der Waals surface area contributed by atoms with Crippen molar-refractivity contribution in [3.63, 3.8) is 0 Å². The van der Waals surface area contributed by atoms with Gasteiger partial charge in [-0.1, -0.05) is 0 Å². The van der Waals surface area contributed by atoms with E-state index < -0.39 is 4.92 Å². The van der Waals surface area contributed by atoms with Gasteiger partial charge in [0.25, 0.3) is 0 Å². The van der Waals surface area contributed by atoms with Crippen molar-refractivity contribution in [1.82, 2.24) is 19.9 Å². The molecule has 0 spiro atoms. The number of aromatic amines is 2. The predicted octanol–water partition coefficient (Wildman–Crippen LogP) is 1.34. The van der Waals surface area contributed by atoms with Crippen molar-refractivity contribution >= 4 is 5.82 Å². The molecule has 2 N–H and O–H groups in total. The molecule has 2 heterocycles. The number of nitrogens with zero attached hydrogens (tertiary/aromatic N) is 3. The highest BCUT2D eigenvalue weighted by atomic mass is 16.6. The molecule has 7 heteroatoms. The SMILES string of the molecule is Cc1ncc([N+](=O)[O-])[nH]1.Cc1ncc[nH]1. The van der Waals surface area contributed by atoms with E-state index >= 15 is 0 Å². The fraction of sp³-hybridized carbons (Fsp3) is 0.250. The lowest BCUT2D eigenvalue weighted by molar-refractivity contribution is -0.389. The van der Waals surface area contributed by atoms with Crippen LogP contribution in [0, 0.1) is 24.0 Å². The molecule has 0 aliphatic carbocycles. The molecular weight excluding hydrogens is 198 g/mol. The minimum Gasteiger partial charge on any atom is -0.358 e. The fourth-order valence-electron chi connectivity index (χ4n) is 0.845. The van der Waals surface area contributed by atoms with Crippen molar-refractivity contribution in [3.05, 3.63) is 40.4 Å². The molecule has 2 aromatic rings. The van der Waals surface area contributed by atoms with E-state index in [4.69, 9.17) is 0 Å².